The van der Waals surface area contributed by atoms with Gasteiger partial charge in [-0.15, -0.1) is 0 Å². The molecule has 0 aliphatic carbocycles. The van der Waals surface area contributed by atoms with Crippen LogP contribution >= 0.6 is 0 Å². The molecule has 0 saturated carbocycles. The minimum absolute atomic E-state index is 0. The third-order valence-corrected chi connectivity index (χ3v) is 1.58. The Morgan fingerprint density at radius 3 is 2.00 bits per heavy atom. The monoisotopic (exact) mass is 234 g/mol. The van der Waals surface area contributed by atoms with Crippen LogP contribution in [0.15, 0.2) is 12.1 Å². The fraction of sp³-hybridized carbons (Fsp3) is 0.222. The van der Waals surface area contributed by atoms with Gasteiger partial charge in [0.05, 0.1) is 12.2 Å². The molecule has 0 atom stereocenters. The van der Waals surface area contributed by atoms with E-state index >= 15 is 0 Å². The van der Waals surface area contributed by atoms with Crippen molar-refractivity contribution in [2.75, 3.05) is 6.61 Å². The maximum absolute atomic E-state index is 11.1. The molecule has 1 aromatic rings. The van der Waals surface area contributed by atoms with Gasteiger partial charge in [0.1, 0.15) is 0 Å². The van der Waals surface area contributed by atoms with Gasteiger partial charge in [0.2, 0.25) is 0 Å². The Balaban J connectivity index is 0. The van der Waals surface area contributed by atoms with Crippen LogP contribution in [0, 0.1) is 0 Å². The van der Waals surface area contributed by atoms with E-state index in [4.69, 9.17) is 15.3 Å². The molecular weight excluding hydrogens is 220 g/mol. The predicted molar refractivity (Wildman–Crippen MR) is 54.6 cm³/mol. The van der Waals surface area contributed by atoms with Crippen molar-refractivity contribution >= 4 is 5.97 Å². The molecule has 0 unspecified atom stereocenters. The van der Waals surface area contributed by atoms with Crippen molar-refractivity contribution in [1.82, 2.24) is 0 Å². The number of carbonyl (C=O) groups is 1. The third-order valence-electron chi connectivity index (χ3n) is 1.58. The summed E-state index contributed by atoms with van der Waals surface area (Å²) >= 11 is 0. The summed E-state index contributed by atoms with van der Waals surface area (Å²) in [5.74, 6) is -2.45. The SMILES string of the molecule is CCOC(=O)c1cc(O)c(O)c(O)c1.O.O. The second kappa shape index (κ2) is 6.49. The van der Waals surface area contributed by atoms with Crippen molar-refractivity contribution in [3.63, 3.8) is 0 Å². The first-order chi connectivity index (χ1) is 6.56. The molecule has 0 bridgehead atoms. The number of hydrogen-bond acceptors (Lipinski definition) is 5. The Hall–Kier alpha value is -1.99. The maximum Gasteiger partial charge on any atom is 0.338 e. The molecule has 0 saturated heterocycles. The summed E-state index contributed by atoms with van der Waals surface area (Å²) in [4.78, 5) is 11.1. The predicted octanol–water partition coefficient (Wildman–Crippen LogP) is -0.669. The molecule has 0 heterocycles. The van der Waals surface area contributed by atoms with Crippen molar-refractivity contribution in [3.05, 3.63) is 17.7 Å². The number of esters is 1. The van der Waals surface area contributed by atoms with Crippen LogP contribution in [0.3, 0.4) is 0 Å². The van der Waals surface area contributed by atoms with Gasteiger partial charge in [-0.1, -0.05) is 0 Å². The lowest BCUT2D eigenvalue weighted by molar-refractivity contribution is 0.0525. The van der Waals surface area contributed by atoms with E-state index in [9.17, 15) is 4.79 Å². The lowest BCUT2D eigenvalue weighted by Crippen LogP contribution is -2.04. The van der Waals surface area contributed by atoms with Gasteiger partial charge in [-0.25, -0.2) is 4.79 Å². The van der Waals surface area contributed by atoms with Crippen molar-refractivity contribution in [2.45, 2.75) is 6.92 Å². The highest BCUT2D eigenvalue weighted by atomic mass is 16.5. The van der Waals surface area contributed by atoms with E-state index in [1.165, 1.54) is 0 Å². The molecule has 0 fully saturated rings. The molecule has 0 aliphatic rings. The molecule has 16 heavy (non-hydrogen) atoms. The summed E-state index contributed by atoms with van der Waals surface area (Å²) in [5, 5.41) is 27.2. The summed E-state index contributed by atoms with van der Waals surface area (Å²) in [7, 11) is 0. The highest BCUT2D eigenvalue weighted by molar-refractivity contribution is 5.91. The number of ether oxygens (including phenoxy) is 1. The summed E-state index contributed by atoms with van der Waals surface area (Å²) in [6, 6.07) is 2.04. The first-order valence-electron chi connectivity index (χ1n) is 3.98. The van der Waals surface area contributed by atoms with E-state index < -0.39 is 23.2 Å². The zero-order valence-electron chi connectivity index (χ0n) is 8.52. The lowest BCUT2D eigenvalue weighted by atomic mass is 10.2. The van der Waals surface area contributed by atoms with E-state index in [1.54, 1.807) is 6.92 Å². The number of phenolic OH excluding ortho intramolecular Hbond substituents is 3. The molecule has 1 rings (SSSR count). The Morgan fingerprint density at radius 1 is 1.19 bits per heavy atom. The fourth-order valence-corrected chi connectivity index (χ4v) is 0.936. The Labute approximate surface area is 91.1 Å². The zero-order valence-corrected chi connectivity index (χ0v) is 8.52. The van der Waals surface area contributed by atoms with E-state index in [-0.39, 0.29) is 23.1 Å². The van der Waals surface area contributed by atoms with Gasteiger partial charge in [0.15, 0.2) is 17.2 Å². The second-order valence-electron chi connectivity index (χ2n) is 2.58. The molecule has 1 aromatic carbocycles. The van der Waals surface area contributed by atoms with E-state index in [0.29, 0.717) is 0 Å². The van der Waals surface area contributed by atoms with E-state index in [1.807, 2.05) is 0 Å². The first kappa shape index (κ1) is 16.4. The van der Waals surface area contributed by atoms with E-state index in [0.717, 1.165) is 12.1 Å². The summed E-state index contributed by atoms with van der Waals surface area (Å²) < 4.78 is 4.63. The summed E-state index contributed by atoms with van der Waals surface area (Å²) in [5.41, 5.74) is -0.0142. The van der Waals surface area contributed by atoms with Crippen molar-refractivity contribution < 1.29 is 35.8 Å². The van der Waals surface area contributed by atoms with Gasteiger partial charge in [-0.2, -0.15) is 0 Å². The number of phenols is 3. The molecule has 0 radical (unpaired) electrons. The maximum atomic E-state index is 11.1. The van der Waals surface area contributed by atoms with E-state index in [2.05, 4.69) is 4.74 Å². The summed E-state index contributed by atoms with van der Waals surface area (Å²) in [6.07, 6.45) is 0. The quantitative estimate of drug-likeness (QED) is 0.458. The van der Waals surface area contributed by atoms with Crippen LogP contribution in [0.25, 0.3) is 0 Å². The molecule has 7 N–H and O–H groups in total. The topological polar surface area (TPSA) is 150 Å². The highest BCUT2D eigenvalue weighted by Gasteiger charge is 2.13. The van der Waals surface area contributed by atoms with Gasteiger partial charge >= 0.3 is 5.97 Å². The largest absolute Gasteiger partial charge is 0.504 e. The van der Waals surface area contributed by atoms with Crippen LogP contribution < -0.4 is 0 Å². The molecule has 92 valence electrons. The number of carbonyl (C=O) groups excluding carboxylic acids is 1. The molecule has 0 aromatic heterocycles. The minimum Gasteiger partial charge on any atom is -0.504 e. The Kier molecular flexibility index (Phi) is 6.66. The molecule has 7 nitrogen and oxygen atoms in total. The minimum atomic E-state index is -0.668. The molecular formula is C9H14O7. The van der Waals surface area contributed by atoms with Gasteiger partial charge in [-0.05, 0) is 19.1 Å². The van der Waals surface area contributed by atoms with Crippen LogP contribution in [0.4, 0.5) is 0 Å². The Morgan fingerprint density at radius 2 is 1.62 bits per heavy atom. The average molecular weight is 234 g/mol. The van der Waals surface area contributed by atoms with Gasteiger partial charge in [-0.3, -0.25) is 0 Å². The smallest absolute Gasteiger partial charge is 0.338 e. The third kappa shape index (κ3) is 3.30. The summed E-state index contributed by atoms with van der Waals surface area (Å²) in [6.45, 7) is 1.83. The van der Waals surface area contributed by atoms with Crippen LogP contribution in [0.5, 0.6) is 17.2 Å². The highest BCUT2D eigenvalue weighted by Crippen LogP contribution is 2.35. The molecule has 0 spiro atoms. The zero-order chi connectivity index (χ0) is 10.7. The van der Waals surface area contributed by atoms with Crippen LogP contribution in [0.2, 0.25) is 0 Å². The van der Waals surface area contributed by atoms with Crippen molar-refractivity contribution in [3.8, 4) is 17.2 Å². The van der Waals surface area contributed by atoms with Crippen LogP contribution in [0.1, 0.15) is 17.3 Å². The Bertz CT molecular complexity index is 338. The number of rotatable bonds is 2. The number of aromatic hydroxyl groups is 3. The van der Waals surface area contributed by atoms with Gasteiger partial charge in [0, 0.05) is 0 Å². The van der Waals surface area contributed by atoms with Crippen molar-refractivity contribution in [2.24, 2.45) is 0 Å². The van der Waals surface area contributed by atoms with Crippen molar-refractivity contribution in [1.29, 1.82) is 0 Å². The van der Waals surface area contributed by atoms with Crippen LogP contribution in [-0.2, 0) is 4.74 Å². The molecule has 7 heteroatoms. The molecule has 0 aliphatic heterocycles. The normalized spacial score (nSPS) is 8.56. The van der Waals surface area contributed by atoms with Gasteiger partial charge in [0.25, 0.3) is 0 Å². The number of benzene rings is 1. The molecule has 0 amide bonds. The standard InChI is InChI=1S/C9H10O5.2H2O/c1-2-14-9(13)5-3-6(10)8(12)7(11)4-5;;/h3-4,10-12H,2H2,1H3;2*1H2. The second-order valence-corrected chi connectivity index (χ2v) is 2.58. The first-order valence-corrected chi connectivity index (χ1v) is 3.98. The lowest BCUT2D eigenvalue weighted by Gasteiger charge is -2.04. The van der Waals surface area contributed by atoms with Crippen LogP contribution in [-0.4, -0.2) is 38.8 Å². The van der Waals surface area contributed by atoms with Gasteiger partial charge < -0.3 is 31.0 Å². The number of hydrogen-bond donors (Lipinski definition) is 3. The fourth-order valence-electron chi connectivity index (χ4n) is 0.936. The average Bonchev–Trinajstić information content (AvgIpc) is 2.13.